The molecule has 2 N–H and O–H groups in total. The van der Waals surface area contributed by atoms with Crippen molar-refractivity contribution in [1.82, 2.24) is 15.3 Å². The molecule has 0 bridgehead atoms. The predicted molar refractivity (Wildman–Crippen MR) is 65.6 cm³/mol. The molecule has 6 heteroatoms. The first-order chi connectivity index (χ1) is 8.61. The Hall–Kier alpha value is -1.72. The largest absolute Gasteiger partial charge is 0.356 e. The molecule has 18 heavy (non-hydrogen) atoms. The summed E-state index contributed by atoms with van der Waals surface area (Å²) in [6.45, 7) is 3.50. The first-order valence-electron chi connectivity index (χ1n) is 6.18. The zero-order valence-electron chi connectivity index (χ0n) is 10.5. The minimum Gasteiger partial charge on any atom is -0.356 e. The molecule has 1 unspecified atom stereocenters. The van der Waals surface area contributed by atoms with Gasteiger partial charge in [0, 0.05) is 6.04 Å². The highest BCUT2D eigenvalue weighted by Gasteiger charge is 2.26. The number of carbonyl (C=O) groups excluding carboxylic acids is 1. The van der Waals surface area contributed by atoms with E-state index in [0.29, 0.717) is 18.2 Å². The lowest BCUT2D eigenvalue weighted by Crippen LogP contribution is -2.39. The number of amides is 1. The van der Waals surface area contributed by atoms with E-state index in [0.717, 1.165) is 12.8 Å². The lowest BCUT2D eigenvalue weighted by Gasteiger charge is -2.15. The lowest BCUT2D eigenvalue weighted by molar-refractivity contribution is -0.121. The molecule has 0 radical (unpaired) electrons. The van der Waals surface area contributed by atoms with E-state index in [9.17, 15) is 9.18 Å². The molecule has 5 nitrogen and oxygen atoms in total. The maximum atomic E-state index is 13.9. The Labute approximate surface area is 105 Å². The smallest absolute Gasteiger partial charge is 0.242 e. The Balaban J connectivity index is 2.01. The molecule has 1 heterocycles. The standard InChI is InChI=1S/C12H17FN4O/c1-3-9-10(13)11(15-6-14-9)16-7(2)12(18)17-8-4-5-8/h6-8H,3-5H2,1-2H3,(H,17,18)(H,14,15,16). The van der Waals surface area contributed by atoms with Gasteiger partial charge in [-0.2, -0.15) is 0 Å². The summed E-state index contributed by atoms with van der Waals surface area (Å²) in [4.78, 5) is 19.4. The number of rotatable bonds is 5. The van der Waals surface area contributed by atoms with Crippen molar-refractivity contribution in [3.05, 3.63) is 17.8 Å². The number of anilines is 1. The zero-order chi connectivity index (χ0) is 13.1. The van der Waals surface area contributed by atoms with Crippen molar-refractivity contribution < 1.29 is 9.18 Å². The van der Waals surface area contributed by atoms with Gasteiger partial charge in [-0.05, 0) is 26.2 Å². The van der Waals surface area contributed by atoms with E-state index < -0.39 is 11.9 Å². The molecule has 0 aromatic carbocycles. The second-order valence-corrected chi connectivity index (χ2v) is 4.49. The molecular weight excluding hydrogens is 235 g/mol. The molecule has 0 aliphatic heterocycles. The summed E-state index contributed by atoms with van der Waals surface area (Å²) in [5.41, 5.74) is 0.349. The van der Waals surface area contributed by atoms with Gasteiger partial charge in [0.15, 0.2) is 11.6 Å². The van der Waals surface area contributed by atoms with Crippen LogP contribution < -0.4 is 10.6 Å². The maximum absolute atomic E-state index is 13.9. The molecule has 1 fully saturated rings. The summed E-state index contributed by atoms with van der Waals surface area (Å²) in [5.74, 6) is -0.528. The van der Waals surface area contributed by atoms with Crippen molar-refractivity contribution in [2.45, 2.75) is 45.2 Å². The van der Waals surface area contributed by atoms with Gasteiger partial charge in [0.1, 0.15) is 12.4 Å². The van der Waals surface area contributed by atoms with Gasteiger partial charge in [0.2, 0.25) is 5.91 Å². The van der Waals surface area contributed by atoms with Crippen molar-refractivity contribution in [3.8, 4) is 0 Å². The molecule has 1 aromatic rings. The van der Waals surface area contributed by atoms with Gasteiger partial charge < -0.3 is 10.6 Å². The predicted octanol–water partition coefficient (Wildman–Crippen LogP) is 1.26. The SMILES string of the molecule is CCc1ncnc(NC(C)C(=O)NC2CC2)c1F. The van der Waals surface area contributed by atoms with Crippen LogP contribution in [0.25, 0.3) is 0 Å². The molecule has 1 aliphatic carbocycles. The van der Waals surface area contributed by atoms with Crippen molar-refractivity contribution >= 4 is 11.7 Å². The third-order valence-electron chi connectivity index (χ3n) is 2.87. The average Bonchev–Trinajstić information content (AvgIpc) is 3.15. The zero-order valence-corrected chi connectivity index (χ0v) is 10.5. The summed E-state index contributed by atoms with van der Waals surface area (Å²) in [6, 6.07) is -0.220. The highest BCUT2D eigenvalue weighted by Crippen LogP contribution is 2.19. The van der Waals surface area contributed by atoms with Crippen LogP contribution in [0.1, 0.15) is 32.4 Å². The van der Waals surface area contributed by atoms with Gasteiger partial charge in [-0.1, -0.05) is 6.92 Å². The van der Waals surface area contributed by atoms with E-state index in [-0.39, 0.29) is 11.7 Å². The van der Waals surface area contributed by atoms with Crippen LogP contribution in [-0.4, -0.2) is 28.0 Å². The van der Waals surface area contributed by atoms with E-state index in [1.807, 2.05) is 6.92 Å². The molecule has 0 spiro atoms. The van der Waals surface area contributed by atoms with Crippen molar-refractivity contribution in [1.29, 1.82) is 0 Å². The fraction of sp³-hybridized carbons (Fsp3) is 0.583. The second kappa shape index (κ2) is 5.29. The van der Waals surface area contributed by atoms with Crippen LogP contribution >= 0.6 is 0 Å². The quantitative estimate of drug-likeness (QED) is 0.828. The third kappa shape index (κ3) is 2.94. The lowest BCUT2D eigenvalue weighted by atomic mass is 10.2. The first-order valence-corrected chi connectivity index (χ1v) is 6.18. The third-order valence-corrected chi connectivity index (χ3v) is 2.87. The van der Waals surface area contributed by atoms with Gasteiger partial charge >= 0.3 is 0 Å². The summed E-state index contributed by atoms with van der Waals surface area (Å²) >= 11 is 0. The molecule has 1 amide bonds. The van der Waals surface area contributed by atoms with Crippen LogP contribution in [0, 0.1) is 5.82 Å². The summed E-state index contributed by atoms with van der Waals surface area (Å²) < 4.78 is 13.9. The van der Waals surface area contributed by atoms with Gasteiger partial charge in [0.25, 0.3) is 0 Å². The highest BCUT2D eigenvalue weighted by atomic mass is 19.1. The van der Waals surface area contributed by atoms with Gasteiger partial charge in [-0.25, -0.2) is 14.4 Å². The van der Waals surface area contributed by atoms with Gasteiger partial charge in [-0.15, -0.1) is 0 Å². The fourth-order valence-electron chi connectivity index (χ4n) is 1.58. The molecule has 1 atom stereocenters. The van der Waals surface area contributed by atoms with Gasteiger partial charge in [-0.3, -0.25) is 4.79 Å². The van der Waals surface area contributed by atoms with Crippen LogP contribution in [0.3, 0.4) is 0 Å². The van der Waals surface area contributed by atoms with E-state index in [2.05, 4.69) is 20.6 Å². The van der Waals surface area contributed by atoms with E-state index in [1.54, 1.807) is 6.92 Å². The maximum Gasteiger partial charge on any atom is 0.242 e. The van der Waals surface area contributed by atoms with Crippen molar-refractivity contribution in [2.24, 2.45) is 0 Å². The first kappa shape index (κ1) is 12.7. The summed E-state index contributed by atoms with van der Waals surface area (Å²) in [7, 11) is 0. The summed E-state index contributed by atoms with van der Waals surface area (Å²) in [6.07, 6.45) is 3.85. The minimum atomic E-state index is -0.514. The number of halogens is 1. The molecule has 98 valence electrons. The van der Waals surface area contributed by atoms with Crippen LogP contribution in [0.2, 0.25) is 0 Å². The topological polar surface area (TPSA) is 66.9 Å². The molecule has 1 saturated carbocycles. The number of hydrogen-bond donors (Lipinski definition) is 2. The van der Waals surface area contributed by atoms with Gasteiger partial charge in [0.05, 0.1) is 5.69 Å². The Bertz CT molecular complexity index is 448. The summed E-state index contributed by atoms with van der Waals surface area (Å²) in [5, 5.41) is 5.63. The van der Waals surface area contributed by atoms with E-state index in [4.69, 9.17) is 0 Å². The number of hydrogen-bond acceptors (Lipinski definition) is 4. The number of aromatic nitrogens is 2. The van der Waals surface area contributed by atoms with E-state index in [1.165, 1.54) is 6.33 Å². The van der Waals surface area contributed by atoms with Crippen LogP contribution in [0.4, 0.5) is 10.2 Å². The average molecular weight is 252 g/mol. The molecule has 1 aliphatic rings. The Morgan fingerprint density at radius 1 is 1.56 bits per heavy atom. The Morgan fingerprint density at radius 2 is 2.28 bits per heavy atom. The molecule has 0 saturated heterocycles. The van der Waals surface area contributed by atoms with E-state index >= 15 is 0 Å². The Kier molecular flexibility index (Phi) is 3.74. The number of carbonyl (C=O) groups is 1. The molecule has 2 rings (SSSR count). The molecular formula is C12H17FN4O. The van der Waals surface area contributed by atoms with Crippen LogP contribution in [-0.2, 0) is 11.2 Å². The number of nitrogens with zero attached hydrogens (tertiary/aromatic N) is 2. The minimum absolute atomic E-state index is 0.0836. The molecule has 1 aromatic heterocycles. The number of nitrogens with one attached hydrogen (secondary N) is 2. The van der Waals surface area contributed by atoms with Crippen LogP contribution in [0.15, 0.2) is 6.33 Å². The van der Waals surface area contributed by atoms with Crippen molar-refractivity contribution in [2.75, 3.05) is 5.32 Å². The second-order valence-electron chi connectivity index (χ2n) is 4.49. The van der Waals surface area contributed by atoms with Crippen LogP contribution in [0.5, 0.6) is 0 Å². The highest BCUT2D eigenvalue weighted by molar-refractivity contribution is 5.84. The Morgan fingerprint density at radius 3 is 2.89 bits per heavy atom. The normalized spacial score (nSPS) is 16.2. The van der Waals surface area contributed by atoms with Crippen molar-refractivity contribution in [3.63, 3.8) is 0 Å². The number of aryl methyl sites for hydroxylation is 1. The fourth-order valence-corrected chi connectivity index (χ4v) is 1.58. The monoisotopic (exact) mass is 252 g/mol.